The van der Waals surface area contributed by atoms with Crippen LogP contribution in [0.1, 0.15) is 0 Å². The van der Waals surface area contributed by atoms with E-state index < -0.39 is 0 Å². The largest absolute Gasteiger partial charge is 0.391 e. The third-order valence-electron chi connectivity index (χ3n) is 1.64. The average Bonchev–Trinajstić information content (AvgIpc) is 2.16. The second-order valence-corrected chi connectivity index (χ2v) is 2.93. The van der Waals surface area contributed by atoms with Gasteiger partial charge in [0.2, 0.25) is 6.41 Å². The van der Waals surface area contributed by atoms with Crippen molar-refractivity contribution in [1.82, 2.24) is 15.1 Å². The molecule has 0 unspecified atom stereocenters. The van der Waals surface area contributed by atoms with E-state index in [1.165, 1.54) is 16.8 Å². The summed E-state index contributed by atoms with van der Waals surface area (Å²) in [5.41, 5.74) is 5.58. The van der Waals surface area contributed by atoms with Gasteiger partial charge in [-0.2, -0.15) is 0 Å². The number of rotatable bonds is 4. The van der Waals surface area contributed by atoms with E-state index in [2.05, 4.69) is 5.32 Å². The lowest BCUT2D eigenvalue weighted by Gasteiger charge is -2.19. The normalized spacial score (nSPS) is 11.4. The molecule has 6 nitrogen and oxygen atoms in total. The highest BCUT2D eigenvalue weighted by Crippen LogP contribution is 2.00. The molecule has 0 aromatic rings. The Labute approximate surface area is 83.3 Å². The van der Waals surface area contributed by atoms with Gasteiger partial charge < -0.3 is 20.9 Å². The molecule has 0 aromatic carbocycles. The van der Waals surface area contributed by atoms with Gasteiger partial charge in [0, 0.05) is 28.2 Å². The highest BCUT2D eigenvalue weighted by molar-refractivity contribution is 5.93. The first-order valence-electron chi connectivity index (χ1n) is 4.03. The molecule has 0 aromatic heterocycles. The van der Waals surface area contributed by atoms with Crippen LogP contribution in [0.2, 0.25) is 0 Å². The minimum Gasteiger partial charge on any atom is -0.391 e. The van der Waals surface area contributed by atoms with Gasteiger partial charge in [-0.3, -0.25) is 9.59 Å². The summed E-state index contributed by atoms with van der Waals surface area (Å²) in [6, 6.07) is 0. The van der Waals surface area contributed by atoms with E-state index in [-0.39, 0.29) is 11.6 Å². The molecular weight excluding hydrogens is 184 g/mol. The monoisotopic (exact) mass is 200 g/mol. The molecule has 0 saturated heterocycles. The Morgan fingerprint density at radius 1 is 1.36 bits per heavy atom. The molecule has 0 spiro atoms. The molecule has 0 rings (SSSR count). The average molecular weight is 200 g/mol. The lowest BCUT2D eigenvalue weighted by molar-refractivity contribution is -0.125. The summed E-state index contributed by atoms with van der Waals surface area (Å²) in [5.74, 6) is -0.0539. The Bertz CT molecular complexity index is 260. The zero-order valence-electron chi connectivity index (χ0n) is 8.87. The number of hydrogen-bond acceptors (Lipinski definition) is 4. The van der Waals surface area contributed by atoms with E-state index in [0.717, 1.165) is 0 Å². The highest BCUT2D eigenvalue weighted by Gasteiger charge is 2.15. The van der Waals surface area contributed by atoms with Crippen LogP contribution in [-0.4, -0.2) is 50.3 Å². The van der Waals surface area contributed by atoms with Gasteiger partial charge in [-0.05, 0) is 0 Å². The molecule has 3 N–H and O–H groups in total. The fourth-order valence-electron chi connectivity index (χ4n) is 0.896. The van der Waals surface area contributed by atoms with E-state index in [1.807, 2.05) is 0 Å². The van der Waals surface area contributed by atoms with Crippen LogP contribution in [0.25, 0.3) is 0 Å². The summed E-state index contributed by atoms with van der Waals surface area (Å²) in [4.78, 5) is 24.4. The Balaban J connectivity index is 5.01. The van der Waals surface area contributed by atoms with Gasteiger partial charge >= 0.3 is 0 Å². The van der Waals surface area contributed by atoms with Crippen LogP contribution in [-0.2, 0) is 9.59 Å². The molecule has 0 heterocycles. The van der Waals surface area contributed by atoms with Gasteiger partial charge in [0.1, 0.15) is 11.5 Å². The van der Waals surface area contributed by atoms with Crippen LogP contribution in [0.15, 0.2) is 11.5 Å². The van der Waals surface area contributed by atoms with Crippen molar-refractivity contribution >= 4 is 12.3 Å². The predicted octanol–water partition coefficient (Wildman–Crippen LogP) is -1.49. The summed E-state index contributed by atoms with van der Waals surface area (Å²) in [6.07, 6.45) is 0.571. The van der Waals surface area contributed by atoms with E-state index in [1.54, 1.807) is 21.1 Å². The van der Waals surface area contributed by atoms with Crippen molar-refractivity contribution in [1.29, 1.82) is 0 Å². The topological polar surface area (TPSA) is 78.7 Å². The highest BCUT2D eigenvalue weighted by atomic mass is 16.2. The smallest absolute Gasteiger partial charge is 0.272 e. The maximum absolute atomic E-state index is 11.4. The van der Waals surface area contributed by atoms with Crippen molar-refractivity contribution in [2.75, 3.05) is 28.2 Å². The van der Waals surface area contributed by atoms with Gasteiger partial charge in [-0.1, -0.05) is 0 Å². The standard InChI is InChI=1S/C8H16N4O2/c1-10-7(12(4)5-13)6(9)8(14)11(2)3/h5,10H,9H2,1-4H3/b7-6+. The molecule has 0 aliphatic heterocycles. The van der Waals surface area contributed by atoms with Gasteiger partial charge in [0.25, 0.3) is 5.91 Å². The number of nitrogens with one attached hydrogen (secondary N) is 1. The number of carbonyl (C=O) groups is 2. The summed E-state index contributed by atoms with van der Waals surface area (Å²) >= 11 is 0. The quantitative estimate of drug-likeness (QED) is 0.428. The first-order valence-corrected chi connectivity index (χ1v) is 4.03. The molecule has 0 bridgehead atoms. The lowest BCUT2D eigenvalue weighted by Crippen LogP contribution is -2.36. The van der Waals surface area contributed by atoms with Crippen LogP contribution in [0.3, 0.4) is 0 Å². The summed E-state index contributed by atoms with van der Waals surface area (Å²) in [7, 11) is 6.27. The van der Waals surface area contributed by atoms with E-state index in [4.69, 9.17) is 5.73 Å². The van der Waals surface area contributed by atoms with E-state index in [0.29, 0.717) is 12.2 Å². The Morgan fingerprint density at radius 3 is 2.14 bits per heavy atom. The maximum Gasteiger partial charge on any atom is 0.272 e. The van der Waals surface area contributed by atoms with Gasteiger partial charge in [-0.25, -0.2) is 0 Å². The molecule has 6 heteroatoms. The van der Waals surface area contributed by atoms with Gasteiger partial charge in [-0.15, -0.1) is 0 Å². The van der Waals surface area contributed by atoms with Crippen molar-refractivity contribution < 1.29 is 9.59 Å². The van der Waals surface area contributed by atoms with Crippen LogP contribution >= 0.6 is 0 Å². The Hall–Kier alpha value is -1.72. The van der Waals surface area contributed by atoms with Crippen molar-refractivity contribution in [3.8, 4) is 0 Å². The van der Waals surface area contributed by atoms with Gasteiger partial charge in [0.15, 0.2) is 0 Å². The molecular formula is C8H16N4O2. The first kappa shape index (κ1) is 12.3. The van der Waals surface area contributed by atoms with E-state index in [9.17, 15) is 9.59 Å². The SMILES string of the molecule is CN/C(=C(\N)C(=O)N(C)C)N(C)C=O. The molecule has 0 atom stereocenters. The zero-order chi connectivity index (χ0) is 11.3. The summed E-state index contributed by atoms with van der Waals surface area (Å²) < 4.78 is 0. The van der Waals surface area contributed by atoms with E-state index >= 15 is 0 Å². The molecule has 0 radical (unpaired) electrons. The predicted molar refractivity (Wildman–Crippen MR) is 52.8 cm³/mol. The molecule has 80 valence electrons. The number of hydrogen-bond donors (Lipinski definition) is 2. The Morgan fingerprint density at radius 2 is 1.86 bits per heavy atom. The van der Waals surface area contributed by atoms with Crippen LogP contribution in [0, 0.1) is 0 Å². The molecule has 0 aliphatic carbocycles. The summed E-state index contributed by atoms with van der Waals surface area (Å²) in [6.45, 7) is 0. The second kappa shape index (κ2) is 5.11. The fraction of sp³-hybridized carbons (Fsp3) is 0.500. The van der Waals surface area contributed by atoms with Crippen LogP contribution in [0.4, 0.5) is 0 Å². The number of nitrogens with zero attached hydrogens (tertiary/aromatic N) is 2. The molecule has 0 saturated carbocycles. The molecule has 0 aliphatic rings. The van der Waals surface area contributed by atoms with Crippen molar-refractivity contribution in [3.63, 3.8) is 0 Å². The molecule has 2 amide bonds. The fourth-order valence-corrected chi connectivity index (χ4v) is 0.896. The number of likely N-dealkylation sites (N-methyl/N-ethyl adjacent to an activating group) is 1. The van der Waals surface area contributed by atoms with Crippen molar-refractivity contribution in [2.24, 2.45) is 5.73 Å². The van der Waals surface area contributed by atoms with Crippen LogP contribution in [0.5, 0.6) is 0 Å². The minimum absolute atomic E-state index is 0.00657. The second-order valence-electron chi connectivity index (χ2n) is 2.93. The number of nitrogens with two attached hydrogens (primary N) is 1. The van der Waals surface area contributed by atoms with Crippen molar-refractivity contribution in [2.45, 2.75) is 0 Å². The third-order valence-corrected chi connectivity index (χ3v) is 1.64. The number of carbonyl (C=O) groups excluding carboxylic acids is 2. The minimum atomic E-state index is -0.344. The number of amides is 2. The third kappa shape index (κ3) is 2.65. The zero-order valence-corrected chi connectivity index (χ0v) is 8.87. The first-order chi connectivity index (χ1) is 6.45. The maximum atomic E-state index is 11.4. The Kier molecular flexibility index (Phi) is 4.48. The van der Waals surface area contributed by atoms with Crippen LogP contribution < -0.4 is 11.1 Å². The summed E-state index contributed by atoms with van der Waals surface area (Å²) in [5, 5.41) is 2.69. The molecule has 14 heavy (non-hydrogen) atoms. The molecule has 0 fully saturated rings. The lowest BCUT2D eigenvalue weighted by atomic mass is 10.3. The van der Waals surface area contributed by atoms with Gasteiger partial charge in [0.05, 0.1) is 0 Å². The van der Waals surface area contributed by atoms with Crippen molar-refractivity contribution in [3.05, 3.63) is 11.5 Å².